The molecule has 1 aromatic carbocycles. The highest BCUT2D eigenvalue weighted by molar-refractivity contribution is 5.98. The third-order valence-corrected chi connectivity index (χ3v) is 6.62. The number of aryl methyl sites for hydroxylation is 1. The molecular weight excluding hydrogens is 382 g/mol. The van der Waals surface area contributed by atoms with Crippen LogP contribution in [-0.4, -0.2) is 47.5 Å². The number of ether oxygens (including phenoxy) is 1. The Bertz CT molecular complexity index is 847. The number of amides is 3. The molecule has 1 atom stereocenters. The van der Waals surface area contributed by atoms with Gasteiger partial charge in [-0.25, -0.2) is 0 Å². The summed E-state index contributed by atoms with van der Waals surface area (Å²) in [6, 6.07) is 5.74. The molecule has 0 bridgehead atoms. The Morgan fingerprint density at radius 3 is 2.77 bits per heavy atom. The van der Waals surface area contributed by atoms with Crippen LogP contribution in [0.15, 0.2) is 18.2 Å². The van der Waals surface area contributed by atoms with Crippen LogP contribution in [0.4, 0.5) is 0 Å². The van der Waals surface area contributed by atoms with Crippen molar-refractivity contribution in [3.05, 3.63) is 29.3 Å². The lowest BCUT2D eigenvalue weighted by Crippen LogP contribution is -2.56. The van der Waals surface area contributed by atoms with Crippen molar-refractivity contribution in [1.29, 1.82) is 0 Å². The summed E-state index contributed by atoms with van der Waals surface area (Å²) in [6.45, 7) is 4.61. The number of likely N-dealkylation sites (tertiary alicyclic amines) is 1. The van der Waals surface area contributed by atoms with Gasteiger partial charge in [-0.15, -0.1) is 0 Å². The number of nitrogens with one attached hydrogen (secondary N) is 2. The van der Waals surface area contributed by atoms with E-state index in [0.29, 0.717) is 30.7 Å². The minimum atomic E-state index is -0.903. The fraction of sp³-hybridized carbons (Fsp3) is 0.609. The lowest BCUT2D eigenvalue weighted by Gasteiger charge is -2.38. The number of nitrogens with zero attached hydrogens (tertiary/aromatic N) is 1. The Morgan fingerprint density at radius 1 is 1.23 bits per heavy atom. The Balaban J connectivity index is 1.38. The maximum absolute atomic E-state index is 12.7. The molecule has 1 aliphatic carbocycles. The normalized spacial score (nSPS) is 28.9. The molecule has 2 heterocycles. The predicted molar refractivity (Wildman–Crippen MR) is 112 cm³/mol. The van der Waals surface area contributed by atoms with Gasteiger partial charge in [0.15, 0.2) is 5.72 Å². The molecule has 1 aromatic rings. The Labute approximate surface area is 177 Å². The molecule has 2 fully saturated rings. The van der Waals surface area contributed by atoms with E-state index in [9.17, 15) is 14.4 Å². The molecule has 162 valence electrons. The fourth-order valence-electron chi connectivity index (χ4n) is 4.70. The number of benzene rings is 1. The number of carbonyl (C=O) groups excluding carboxylic acids is 3. The van der Waals surface area contributed by atoms with Crippen molar-refractivity contribution in [3.63, 3.8) is 0 Å². The molecule has 7 heteroatoms. The summed E-state index contributed by atoms with van der Waals surface area (Å²) >= 11 is 0. The predicted octanol–water partition coefficient (Wildman–Crippen LogP) is 2.52. The molecule has 2 aliphatic heterocycles. The van der Waals surface area contributed by atoms with E-state index in [1.54, 1.807) is 4.90 Å². The second-order valence-electron chi connectivity index (χ2n) is 9.14. The van der Waals surface area contributed by atoms with Gasteiger partial charge in [0.1, 0.15) is 5.75 Å². The van der Waals surface area contributed by atoms with E-state index >= 15 is 0 Å². The Hall–Kier alpha value is -2.57. The zero-order valence-corrected chi connectivity index (χ0v) is 17.8. The number of hydrogen-bond acceptors (Lipinski definition) is 4. The Morgan fingerprint density at radius 2 is 2.00 bits per heavy atom. The van der Waals surface area contributed by atoms with Crippen LogP contribution in [0.25, 0.3) is 0 Å². The zero-order valence-electron chi connectivity index (χ0n) is 17.8. The van der Waals surface area contributed by atoms with Gasteiger partial charge in [0.25, 0.3) is 5.91 Å². The molecule has 1 saturated heterocycles. The first-order valence-electron chi connectivity index (χ1n) is 11.0. The van der Waals surface area contributed by atoms with Crippen LogP contribution in [0.1, 0.15) is 67.8 Å². The average molecular weight is 414 g/mol. The number of rotatable bonds is 3. The highest BCUT2D eigenvalue weighted by Gasteiger charge is 2.42. The van der Waals surface area contributed by atoms with Crippen LogP contribution in [0.3, 0.4) is 0 Å². The van der Waals surface area contributed by atoms with Crippen LogP contribution < -0.4 is 15.4 Å². The van der Waals surface area contributed by atoms with E-state index < -0.39 is 5.72 Å². The maximum Gasteiger partial charge on any atom is 0.258 e. The minimum absolute atomic E-state index is 0.0602. The zero-order chi connectivity index (χ0) is 21.3. The molecule has 0 radical (unpaired) electrons. The minimum Gasteiger partial charge on any atom is -0.467 e. The van der Waals surface area contributed by atoms with E-state index in [1.807, 2.05) is 25.1 Å². The third kappa shape index (κ3) is 4.45. The van der Waals surface area contributed by atoms with Crippen LogP contribution >= 0.6 is 0 Å². The van der Waals surface area contributed by atoms with E-state index in [2.05, 4.69) is 17.6 Å². The third-order valence-electron chi connectivity index (χ3n) is 6.62. The van der Waals surface area contributed by atoms with Gasteiger partial charge < -0.3 is 20.3 Å². The molecule has 7 nitrogen and oxygen atoms in total. The van der Waals surface area contributed by atoms with Gasteiger partial charge >= 0.3 is 0 Å². The van der Waals surface area contributed by atoms with Crippen molar-refractivity contribution in [2.24, 2.45) is 5.92 Å². The standard InChI is InChI=1S/C23H31N3O4/c1-15-3-6-17(7-4-15)24-20(27)14-26-12-11-23(10-9-21(26)28)25-22(29)18-13-16(2)5-8-19(18)30-23/h5,8,13,15,17H,3-4,6-7,9-12,14H2,1-2H3,(H,24,27)(H,25,29). The summed E-state index contributed by atoms with van der Waals surface area (Å²) < 4.78 is 6.19. The number of hydrogen-bond donors (Lipinski definition) is 2. The van der Waals surface area contributed by atoms with E-state index in [1.165, 1.54) is 0 Å². The van der Waals surface area contributed by atoms with Crippen LogP contribution in [0, 0.1) is 12.8 Å². The summed E-state index contributed by atoms with van der Waals surface area (Å²) in [5.41, 5.74) is 0.609. The van der Waals surface area contributed by atoms with Crippen LogP contribution in [0.5, 0.6) is 5.75 Å². The monoisotopic (exact) mass is 413 g/mol. The first-order chi connectivity index (χ1) is 14.3. The highest BCUT2D eigenvalue weighted by atomic mass is 16.5. The summed E-state index contributed by atoms with van der Waals surface area (Å²) in [7, 11) is 0. The molecule has 30 heavy (non-hydrogen) atoms. The van der Waals surface area contributed by atoms with Crippen molar-refractivity contribution in [2.45, 2.75) is 70.6 Å². The number of fused-ring (bicyclic) bond motifs is 1. The molecule has 0 aromatic heterocycles. The van der Waals surface area contributed by atoms with Crippen molar-refractivity contribution in [2.75, 3.05) is 13.1 Å². The van der Waals surface area contributed by atoms with E-state index in [4.69, 9.17) is 4.74 Å². The second-order valence-corrected chi connectivity index (χ2v) is 9.14. The summed E-state index contributed by atoms with van der Waals surface area (Å²) in [5, 5.41) is 6.07. The summed E-state index contributed by atoms with van der Waals surface area (Å²) in [6.07, 6.45) is 5.35. The molecule has 1 unspecified atom stereocenters. The first-order valence-corrected chi connectivity index (χ1v) is 11.0. The smallest absolute Gasteiger partial charge is 0.258 e. The van der Waals surface area contributed by atoms with Crippen molar-refractivity contribution < 1.29 is 19.1 Å². The summed E-state index contributed by atoms with van der Waals surface area (Å²) in [5.74, 6) is 0.918. The van der Waals surface area contributed by atoms with Crippen LogP contribution in [0.2, 0.25) is 0 Å². The molecular formula is C23H31N3O4. The lowest BCUT2D eigenvalue weighted by atomic mass is 9.87. The molecule has 3 amide bonds. The molecule has 2 N–H and O–H groups in total. The Kier molecular flexibility index (Phi) is 5.71. The molecule has 4 rings (SSSR count). The van der Waals surface area contributed by atoms with Crippen molar-refractivity contribution in [3.8, 4) is 5.75 Å². The van der Waals surface area contributed by atoms with Crippen LogP contribution in [-0.2, 0) is 9.59 Å². The fourth-order valence-corrected chi connectivity index (χ4v) is 4.70. The first kappa shape index (κ1) is 20.7. The van der Waals surface area contributed by atoms with Gasteiger partial charge in [-0.1, -0.05) is 18.6 Å². The second kappa shape index (κ2) is 8.28. The van der Waals surface area contributed by atoms with E-state index in [-0.39, 0.29) is 36.7 Å². The van der Waals surface area contributed by atoms with Crippen molar-refractivity contribution >= 4 is 17.7 Å². The van der Waals surface area contributed by atoms with Gasteiger partial charge in [-0.3, -0.25) is 14.4 Å². The van der Waals surface area contributed by atoms with Gasteiger partial charge in [0.2, 0.25) is 11.8 Å². The van der Waals surface area contributed by atoms with Gasteiger partial charge in [0.05, 0.1) is 12.1 Å². The lowest BCUT2D eigenvalue weighted by molar-refractivity contribution is -0.135. The maximum atomic E-state index is 12.7. The van der Waals surface area contributed by atoms with Gasteiger partial charge in [-0.2, -0.15) is 0 Å². The number of carbonyl (C=O) groups is 3. The van der Waals surface area contributed by atoms with Gasteiger partial charge in [-0.05, 0) is 50.7 Å². The largest absolute Gasteiger partial charge is 0.467 e. The topological polar surface area (TPSA) is 87.7 Å². The molecule has 1 saturated carbocycles. The molecule has 3 aliphatic rings. The van der Waals surface area contributed by atoms with Crippen molar-refractivity contribution in [1.82, 2.24) is 15.5 Å². The highest BCUT2D eigenvalue weighted by Crippen LogP contribution is 2.34. The average Bonchev–Trinajstić information content (AvgIpc) is 2.85. The summed E-state index contributed by atoms with van der Waals surface area (Å²) in [4.78, 5) is 39.4. The van der Waals surface area contributed by atoms with Gasteiger partial charge in [0, 0.05) is 31.8 Å². The van der Waals surface area contributed by atoms with E-state index in [0.717, 1.165) is 37.2 Å². The quantitative estimate of drug-likeness (QED) is 0.797. The molecule has 1 spiro atoms. The SMILES string of the molecule is Cc1ccc2c(c1)C(=O)NC1(CCC(=O)N(CC(=O)NC3CCC(C)CC3)CC1)O2.